The minimum atomic E-state index is -0.0341. The molecule has 124 valence electrons. The van der Waals surface area contributed by atoms with Crippen molar-refractivity contribution in [2.75, 3.05) is 20.3 Å². The molecule has 0 atom stereocenters. The Morgan fingerprint density at radius 1 is 1.12 bits per heavy atom. The van der Waals surface area contributed by atoms with Gasteiger partial charge in [-0.3, -0.25) is 4.79 Å². The van der Waals surface area contributed by atoms with Crippen LogP contribution >= 0.6 is 0 Å². The van der Waals surface area contributed by atoms with E-state index < -0.39 is 0 Å². The Morgan fingerprint density at radius 2 is 1.88 bits per heavy atom. The van der Waals surface area contributed by atoms with Gasteiger partial charge in [0.15, 0.2) is 11.5 Å². The summed E-state index contributed by atoms with van der Waals surface area (Å²) < 4.78 is 11.1. The van der Waals surface area contributed by atoms with E-state index in [1.807, 2.05) is 43.4 Å². The van der Waals surface area contributed by atoms with Gasteiger partial charge in [0.25, 0.3) is 0 Å². The number of carbonyl (C=O) groups excluding carboxylic acids is 1. The lowest BCUT2D eigenvalue weighted by atomic mass is 10.1. The molecule has 24 heavy (non-hydrogen) atoms. The summed E-state index contributed by atoms with van der Waals surface area (Å²) in [6.45, 7) is 3.78. The minimum Gasteiger partial charge on any atom is -0.486 e. The van der Waals surface area contributed by atoms with Gasteiger partial charge < -0.3 is 14.4 Å². The lowest BCUT2D eigenvalue weighted by Gasteiger charge is -2.18. The normalized spacial score (nSPS) is 13.1. The lowest BCUT2D eigenvalue weighted by Crippen LogP contribution is -2.24. The Bertz CT molecular complexity index is 767. The quantitative estimate of drug-likeness (QED) is 0.809. The van der Waals surface area contributed by atoms with E-state index in [1.165, 1.54) is 5.56 Å². The molecule has 0 radical (unpaired) electrons. The second-order valence-electron chi connectivity index (χ2n) is 5.86. The fourth-order valence-electron chi connectivity index (χ4n) is 2.58. The molecule has 3 rings (SSSR count). The van der Waals surface area contributed by atoms with E-state index in [4.69, 9.17) is 9.47 Å². The molecular weight excluding hydrogens is 302 g/mol. The summed E-state index contributed by atoms with van der Waals surface area (Å²) in [6.07, 6.45) is 3.39. The van der Waals surface area contributed by atoms with Gasteiger partial charge in [-0.05, 0) is 41.8 Å². The number of ether oxygens (including phenoxy) is 2. The van der Waals surface area contributed by atoms with Crippen LogP contribution in [0, 0.1) is 6.92 Å². The second-order valence-corrected chi connectivity index (χ2v) is 5.86. The third-order valence-corrected chi connectivity index (χ3v) is 4.03. The second kappa shape index (κ2) is 7.21. The fraction of sp³-hybridized carbons (Fsp3) is 0.250. The van der Waals surface area contributed by atoms with Gasteiger partial charge in [-0.25, -0.2) is 0 Å². The third kappa shape index (κ3) is 3.77. The first-order valence-electron chi connectivity index (χ1n) is 8.01. The Balaban J connectivity index is 1.65. The predicted octanol–water partition coefficient (Wildman–Crippen LogP) is 3.44. The highest BCUT2D eigenvalue weighted by molar-refractivity contribution is 5.91. The van der Waals surface area contributed by atoms with E-state index >= 15 is 0 Å². The number of nitrogens with zero attached hydrogens (tertiary/aromatic N) is 1. The van der Waals surface area contributed by atoms with Crippen LogP contribution in [-0.4, -0.2) is 31.1 Å². The summed E-state index contributed by atoms with van der Waals surface area (Å²) >= 11 is 0. The van der Waals surface area contributed by atoms with Crippen LogP contribution in [0.3, 0.4) is 0 Å². The predicted molar refractivity (Wildman–Crippen MR) is 94.1 cm³/mol. The zero-order valence-electron chi connectivity index (χ0n) is 14.0. The van der Waals surface area contributed by atoms with Crippen LogP contribution in [0.2, 0.25) is 0 Å². The number of hydrogen-bond donors (Lipinski definition) is 0. The maximum absolute atomic E-state index is 12.3. The van der Waals surface area contributed by atoms with Crippen LogP contribution in [0.15, 0.2) is 48.5 Å². The molecule has 0 spiro atoms. The van der Waals surface area contributed by atoms with Crippen molar-refractivity contribution in [2.45, 2.75) is 13.5 Å². The van der Waals surface area contributed by atoms with Crippen LogP contribution in [0.25, 0.3) is 6.08 Å². The molecule has 0 N–H and O–H groups in total. The van der Waals surface area contributed by atoms with Crippen LogP contribution in [0.4, 0.5) is 0 Å². The largest absolute Gasteiger partial charge is 0.486 e. The molecule has 1 amide bonds. The molecule has 1 aliphatic rings. The molecule has 0 unspecified atom stereocenters. The van der Waals surface area contributed by atoms with Crippen LogP contribution in [0.5, 0.6) is 11.5 Å². The van der Waals surface area contributed by atoms with E-state index in [9.17, 15) is 4.79 Å². The van der Waals surface area contributed by atoms with Crippen LogP contribution in [-0.2, 0) is 11.3 Å². The molecule has 0 saturated carbocycles. The molecule has 0 bridgehead atoms. The molecule has 0 aromatic heterocycles. The maximum Gasteiger partial charge on any atom is 0.246 e. The summed E-state index contributed by atoms with van der Waals surface area (Å²) in [7, 11) is 1.81. The summed E-state index contributed by atoms with van der Waals surface area (Å²) in [5.41, 5.74) is 3.26. The molecule has 0 saturated heterocycles. The van der Waals surface area contributed by atoms with E-state index in [2.05, 4.69) is 13.0 Å². The molecule has 0 aliphatic carbocycles. The number of benzene rings is 2. The van der Waals surface area contributed by atoms with Gasteiger partial charge in [-0.15, -0.1) is 0 Å². The topological polar surface area (TPSA) is 38.8 Å². The zero-order valence-corrected chi connectivity index (χ0v) is 14.0. The minimum absolute atomic E-state index is 0.0341. The molecule has 2 aromatic carbocycles. The van der Waals surface area contributed by atoms with Crippen molar-refractivity contribution in [1.29, 1.82) is 0 Å². The van der Waals surface area contributed by atoms with E-state index in [0.29, 0.717) is 19.8 Å². The van der Waals surface area contributed by atoms with Crippen LogP contribution < -0.4 is 9.47 Å². The van der Waals surface area contributed by atoms with Gasteiger partial charge in [-0.1, -0.05) is 30.3 Å². The number of carbonyl (C=O) groups is 1. The van der Waals surface area contributed by atoms with Gasteiger partial charge in [0.2, 0.25) is 5.91 Å². The lowest BCUT2D eigenvalue weighted by molar-refractivity contribution is -0.125. The summed E-state index contributed by atoms with van der Waals surface area (Å²) in [6, 6.07) is 13.8. The number of aryl methyl sites for hydroxylation is 1. The standard InChI is InChI=1S/C20H21NO3/c1-15-5-3-4-6-17(15)14-21(2)20(22)10-8-16-7-9-18-19(13-16)24-12-11-23-18/h3-10,13H,11-12,14H2,1-2H3/b10-8+. The smallest absolute Gasteiger partial charge is 0.246 e. The molecule has 4 nitrogen and oxygen atoms in total. The third-order valence-electron chi connectivity index (χ3n) is 4.03. The maximum atomic E-state index is 12.3. The first kappa shape index (κ1) is 16.1. The Morgan fingerprint density at radius 3 is 2.67 bits per heavy atom. The van der Waals surface area contributed by atoms with E-state index in [0.717, 1.165) is 22.6 Å². The van der Waals surface area contributed by atoms with Crippen molar-refractivity contribution in [2.24, 2.45) is 0 Å². The molecule has 0 fully saturated rings. The van der Waals surface area contributed by atoms with Gasteiger partial charge in [0.05, 0.1) is 0 Å². The fourth-order valence-corrected chi connectivity index (χ4v) is 2.58. The van der Waals surface area contributed by atoms with E-state index in [1.54, 1.807) is 17.1 Å². The summed E-state index contributed by atoms with van der Waals surface area (Å²) in [5.74, 6) is 1.44. The van der Waals surface area contributed by atoms with Gasteiger partial charge >= 0.3 is 0 Å². The SMILES string of the molecule is Cc1ccccc1CN(C)C(=O)/C=C/c1ccc2c(c1)OCCO2. The average Bonchev–Trinajstić information content (AvgIpc) is 2.61. The summed E-state index contributed by atoms with van der Waals surface area (Å²) in [5, 5.41) is 0. The van der Waals surface area contributed by atoms with Crippen molar-refractivity contribution in [3.05, 3.63) is 65.2 Å². The summed E-state index contributed by atoms with van der Waals surface area (Å²) in [4.78, 5) is 14.0. The Hall–Kier alpha value is -2.75. The van der Waals surface area contributed by atoms with E-state index in [-0.39, 0.29) is 5.91 Å². The van der Waals surface area contributed by atoms with Crippen molar-refractivity contribution in [1.82, 2.24) is 4.90 Å². The molecule has 1 heterocycles. The highest BCUT2D eigenvalue weighted by atomic mass is 16.6. The monoisotopic (exact) mass is 323 g/mol. The zero-order chi connectivity index (χ0) is 16.9. The van der Waals surface area contributed by atoms with Gasteiger partial charge in [0, 0.05) is 19.7 Å². The Labute approximate surface area is 142 Å². The number of amides is 1. The molecular formula is C20H21NO3. The van der Waals surface area contributed by atoms with Crippen molar-refractivity contribution < 1.29 is 14.3 Å². The highest BCUT2D eigenvalue weighted by Gasteiger charge is 2.11. The number of fused-ring (bicyclic) bond motifs is 1. The van der Waals surface area contributed by atoms with Gasteiger partial charge in [-0.2, -0.15) is 0 Å². The first-order chi connectivity index (χ1) is 11.6. The molecule has 4 heteroatoms. The number of likely N-dealkylation sites (N-methyl/N-ethyl adjacent to an activating group) is 1. The number of hydrogen-bond acceptors (Lipinski definition) is 3. The first-order valence-corrected chi connectivity index (χ1v) is 8.01. The molecule has 1 aliphatic heterocycles. The Kier molecular flexibility index (Phi) is 4.85. The highest BCUT2D eigenvalue weighted by Crippen LogP contribution is 2.31. The van der Waals surface area contributed by atoms with Crippen molar-refractivity contribution in [3.8, 4) is 11.5 Å². The van der Waals surface area contributed by atoms with Crippen LogP contribution in [0.1, 0.15) is 16.7 Å². The van der Waals surface area contributed by atoms with Crippen molar-refractivity contribution >= 4 is 12.0 Å². The number of rotatable bonds is 4. The van der Waals surface area contributed by atoms with Gasteiger partial charge in [0.1, 0.15) is 13.2 Å². The molecule has 2 aromatic rings. The van der Waals surface area contributed by atoms with Crippen molar-refractivity contribution in [3.63, 3.8) is 0 Å². The average molecular weight is 323 g/mol.